The summed E-state index contributed by atoms with van der Waals surface area (Å²) in [5, 5.41) is 0. The van der Waals surface area contributed by atoms with Crippen LogP contribution in [0.4, 0.5) is 0 Å². The summed E-state index contributed by atoms with van der Waals surface area (Å²) in [6.07, 6.45) is 3.64. The van der Waals surface area contributed by atoms with Crippen LogP contribution in [0.5, 0.6) is 0 Å². The van der Waals surface area contributed by atoms with Crippen LogP contribution in [0.2, 0.25) is 0 Å². The fourth-order valence-electron chi connectivity index (χ4n) is 2.17. The van der Waals surface area contributed by atoms with Crippen molar-refractivity contribution in [1.82, 2.24) is 4.57 Å². The van der Waals surface area contributed by atoms with E-state index in [2.05, 4.69) is 22.5 Å². The molecule has 0 bridgehead atoms. The number of aromatic nitrogens is 2. The number of Topliss-reactive ketones (excluding diaryl/α,β-unsaturated/α-hetero) is 1. The van der Waals surface area contributed by atoms with Crippen molar-refractivity contribution in [2.45, 2.75) is 6.54 Å². The van der Waals surface area contributed by atoms with Crippen LogP contribution in [-0.4, -0.2) is 10.4 Å². The molecule has 0 saturated heterocycles. The SMILES string of the molecule is C=Cn1c[n+](CC(=O)c2ccc(Br)s2)c2ccccc21. The van der Waals surface area contributed by atoms with Gasteiger partial charge < -0.3 is 0 Å². The smallest absolute Gasteiger partial charge is 0.249 e. The van der Waals surface area contributed by atoms with Crippen LogP contribution >= 0.6 is 27.3 Å². The highest BCUT2D eigenvalue weighted by Crippen LogP contribution is 2.22. The van der Waals surface area contributed by atoms with E-state index < -0.39 is 0 Å². The van der Waals surface area contributed by atoms with Crippen LogP contribution in [0.3, 0.4) is 0 Å². The quantitative estimate of drug-likeness (QED) is 0.521. The second kappa shape index (κ2) is 5.34. The molecule has 20 heavy (non-hydrogen) atoms. The lowest BCUT2D eigenvalue weighted by molar-refractivity contribution is -0.657. The molecule has 0 aliphatic heterocycles. The number of hydrogen-bond acceptors (Lipinski definition) is 2. The third kappa shape index (κ3) is 2.34. The second-order valence-electron chi connectivity index (χ2n) is 4.35. The lowest BCUT2D eigenvalue weighted by Crippen LogP contribution is -2.36. The van der Waals surface area contributed by atoms with Gasteiger partial charge in [0.05, 0.1) is 14.9 Å². The van der Waals surface area contributed by atoms with Crippen LogP contribution < -0.4 is 4.57 Å². The largest absolute Gasteiger partial charge is 0.289 e. The van der Waals surface area contributed by atoms with E-state index in [0.29, 0.717) is 6.54 Å². The molecule has 2 heterocycles. The number of rotatable bonds is 4. The van der Waals surface area contributed by atoms with Crippen LogP contribution in [0, 0.1) is 0 Å². The third-order valence-electron chi connectivity index (χ3n) is 3.09. The molecule has 0 atom stereocenters. The number of imidazole rings is 1. The summed E-state index contributed by atoms with van der Waals surface area (Å²) < 4.78 is 4.85. The molecule has 0 aliphatic carbocycles. The van der Waals surface area contributed by atoms with Gasteiger partial charge >= 0.3 is 0 Å². The molecule has 0 amide bonds. The number of halogens is 1. The number of para-hydroxylation sites is 2. The Kier molecular flexibility index (Phi) is 3.54. The molecule has 2 aromatic heterocycles. The highest BCUT2D eigenvalue weighted by molar-refractivity contribution is 9.11. The second-order valence-corrected chi connectivity index (χ2v) is 6.81. The van der Waals surface area contributed by atoms with Crippen LogP contribution in [0.25, 0.3) is 17.2 Å². The number of carbonyl (C=O) groups excluding carboxylic acids is 1. The molecule has 1 aromatic carbocycles. The van der Waals surface area contributed by atoms with Crippen molar-refractivity contribution < 1.29 is 9.36 Å². The molecular formula is C15H12BrN2OS+. The summed E-state index contributed by atoms with van der Waals surface area (Å²) >= 11 is 4.84. The van der Waals surface area contributed by atoms with E-state index in [4.69, 9.17) is 0 Å². The number of fused-ring (bicyclic) bond motifs is 1. The normalized spacial score (nSPS) is 10.8. The molecule has 0 unspecified atom stereocenters. The van der Waals surface area contributed by atoms with E-state index >= 15 is 0 Å². The molecule has 3 rings (SSSR count). The number of nitrogens with zero attached hydrogens (tertiary/aromatic N) is 2. The molecule has 3 nitrogen and oxygen atoms in total. The minimum absolute atomic E-state index is 0.109. The first kappa shape index (κ1) is 13.3. The zero-order valence-electron chi connectivity index (χ0n) is 10.6. The van der Waals surface area contributed by atoms with Gasteiger partial charge in [0.1, 0.15) is 0 Å². The van der Waals surface area contributed by atoms with Gasteiger partial charge in [-0.2, -0.15) is 0 Å². The number of ketones is 1. The summed E-state index contributed by atoms with van der Waals surface area (Å²) in [4.78, 5) is 13.1. The van der Waals surface area contributed by atoms with E-state index in [0.717, 1.165) is 19.7 Å². The first-order valence-corrected chi connectivity index (χ1v) is 7.70. The van der Waals surface area contributed by atoms with Gasteiger partial charge in [0, 0.05) is 0 Å². The molecule has 5 heteroatoms. The van der Waals surface area contributed by atoms with E-state index in [1.54, 1.807) is 6.20 Å². The minimum Gasteiger partial charge on any atom is -0.289 e. The Morgan fingerprint density at radius 3 is 2.85 bits per heavy atom. The first-order valence-electron chi connectivity index (χ1n) is 6.09. The molecule has 0 spiro atoms. The Morgan fingerprint density at radius 2 is 2.15 bits per heavy atom. The van der Waals surface area contributed by atoms with Crippen molar-refractivity contribution in [3.8, 4) is 0 Å². The maximum atomic E-state index is 12.3. The first-order chi connectivity index (χ1) is 9.69. The van der Waals surface area contributed by atoms with Crippen molar-refractivity contribution >= 4 is 50.3 Å². The molecule has 0 saturated carbocycles. The van der Waals surface area contributed by atoms with Gasteiger partial charge in [-0.15, -0.1) is 11.3 Å². The van der Waals surface area contributed by atoms with Crippen molar-refractivity contribution in [3.05, 3.63) is 58.0 Å². The molecule has 0 radical (unpaired) electrons. The molecule has 0 N–H and O–H groups in total. The van der Waals surface area contributed by atoms with E-state index in [-0.39, 0.29) is 5.78 Å². The summed E-state index contributed by atoms with van der Waals surface area (Å²) in [6.45, 7) is 4.12. The third-order valence-corrected chi connectivity index (χ3v) is 4.76. The standard InChI is InChI=1S/C15H12BrN2OS/c1-2-17-10-18(12-6-4-3-5-11(12)17)9-13(19)14-7-8-15(16)20-14/h2-8,10H,1,9H2/q+1. The highest BCUT2D eigenvalue weighted by atomic mass is 79.9. The zero-order valence-corrected chi connectivity index (χ0v) is 13.0. The Morgan fingerprint density at radius 1 is 1.35 bits per heavy atom. The average Bonchev–Trinajstić information content (AvgIpc) is 3.03. The van der Waals surface area contributed by atoms with Gasteiger partial charge in [-0.1, -0.05) is 18.7 Å². The maximum Gasteiger partial charge on any atom is 0.249 e. The fraction of sp³-hybridized carbons (Fsp3) is 0.0667. The van der Waals surface area contributed by atoms with E-state index in [1.165, 1.54) is 11.3 Å². The van der Waals surface area contributed by atoms with Crippen LogP contribution in [-0.2, 0) is 6.54 Å². The maximum absolute atomic E-state index is 12.3. The number of benzene rings is 1. The highest BCUT2D eigenvalue weighted by Gasteiger charge is 2.18. The molecule has 3 aromatic rings. The monoisotopic (exact) mass is 347 g/mol. The topological polar surface area (TPSA) is 25.9 Å². The molecule has 0 aliphatic rings. The number of thiophene rings is 1. The minimum atomic E-state index is 0.109. The van der Waals surface area contributed by atoms with Crippen molar-refractivity contribution in [3.63, 3.8) is 0 Å². The predicted octanol–water partition coefficient (Wildman–Crippen LogP) is 3.74. The average molecular weight is 348 g/mol. The van der Waals surface area contributed by atoms with Crippen molar-refractivity contribution in [2.24, 2.45) is 0 Å². The lowest BCUT2D eigenvalue weighted by Gasteiger charge is -1.95. The summed E-state index contributed by atoms with van der Waals surface area (Å²) in [5.41, 5.74) is 2.07. The summed E-state index contributed by atoms with van der Waals surface area (Å²) in [6, 6.07) is 11.7. The van der Waals surface area contributed by atoms with Crippen LogP contribution in [0.1, 0.15) is 9.67 Å². The molecule has 100 valence electrons. The van der Waals surface area contributed by atoms with Crippen molar-refractivity contribution in [1.29, 1.82) is 0 Å². The Hall–Kier alpha value is -1.72. The van der Waals surface area contributed by atoms with Gasteiger partial charge in [-0.3, -0.25) is 4.79 Å². The summed E-state index contributed by atoms with van der Waals surface area (Å²) in [5.74, 6) is 0.109. The Labute approximate surface area is 128 Å². The Balaban J connectivity index is 1.99. The fourth-order valence-corrected chi connectivity index (χ4v) is 3.48. The number of hydrogen-bond donors (Lipinski definition) is 0. The van der Waals surface area contributed by atoms with Gasteiger partial charge in [0.15, 0.2) is 17.6 Å². The van der Waals surface area contributed by atoms with Gasteiger partial charge in [0.2, 0.25) is 12.1 Å². The van der Waals surface area contributed by atoms with Gasteiger partial charge in [-0.25, -0.2) is 9.13 Å². The predicted molar refractivity (Wildman–Crippen MR) is 84.9 cm³/mol. The van der Waals surface area contributed by atoms with Crippen molar-refractivity contribution in [2.75, 3.05) is 0 Å². The summed E-state index contributed by atoms with van der Waals surface area (Å²) in [7, 11) is 0. The van der Waals surface area contributed by atoms with Gasteiger partial charge in [-0.05, 0) is 40.2 Å². The molecular weight excluding hydrogens is 336 g/mol. The van der Waals surface area contributed by atoms with Crippen LogP contribution in [0.15, 0.2) is 53.1 Å². The lowest BCUT2D eigenvalue weighted by atomic mass is 10.3. The number of carbonyl (C=O) groups is 1. The Bertz CT molecular complexity index is 803. The van der Waals surface area contributed by atoms with E-state index in [1.807, 2.05) is 51.9 Å². The van der Waals surface area contributed by atoms with E-state index in [9.17, 15) is 4.79 Å². The van der Waals surface area contributed by atoms with Gasteiger partial charge in [0.25, 0.3) is 0 Å². The zero-order chi connectivity index (χ0) is 14.1. The molecule has 0 fully saturated rings.